The summed E-state index contributed by atoms with van der Waals surface area (Å²) in [4.78, 5) is 8.87. The lowest BCUT2D eigenvalue weighted by atomic mass is 10.1. The lowest BCUT2D eigenvalue weighted by Crippen LogP contribution is -2.31. The van der Waals surface area contributed by atoms with Gasteiger partial charge in [-0.3, -0.25) is 0 Å². The predicted molar refractivity (Wildman–Crippen MR) is 116 cm³/mol. The van der Waals surface area contributed by atoms with Crippen LogP contribution in [0, 0.1) is 0 Å². The molecule has 4 rings (SSSR count). The molecule has 7 nitrogen and oxygen atoms in total. The minimum absolute atomic E-state index is 0.140. The summed E-state index contributed by atoms with van der Waals surface area (Å²) in [5.41, 5.74) is 2.78. The molecule has 2 heterocycles. The number of benzene rings is 2. The van der Waals surface area contributed by atoms with Crippen molar-refractivity contribution in [3.63, 3.8) is 0 Å². The smallest absolute Gasteiger partial charge is 0.162 e. The number of halogens is 1. The summed E-state index contributed by atoms with van der Waals surface area (Å²) >= 11 is 6.29. The molecule has 2 bridgehead atoms. The van der Waals surface area contributed by atoms with Crippen LogP contribution in [0.2, 0.25) is 5.02 Å². The number of methoxy groups -OCH3 is 1. The summed E-state index contributed by atoms with van der Waals surface area (Å²) in [7, 11) is 1.63. The van der Waals surface area contributed by atoms with E-state index in [0.29, 0.717) is 28.9 Å². The highest BCUT2D eigenvalue weighted by Crippen LogP contribution is 2.36. The number of aromatic nitrogens is 2. The molecular formula is C21H24ClN5O2. The molecule has 1 atom stereocenters. The van der Waals surface area contributed by atoms with Gasteiger partial charge < -0.3 is 25.4 Å². The first kappa shape index (κ1) is 19.7. The van der Waals surface area contributed by atoms with Gasteiger partial charge in [0.25, 0.3) is 0 Å². The number of hydrogen-bond donors (Lipinski definition) is 3. The van der Waals surface area contributed by atoms with Gasteiger partial charge in [-0.05, 0) is 30.7 Å². The van der Waals surface area contributed by atoms with Gasteiger partial charge in [0.15, 0.2) is 11.5 Å². The molecule has 1 unspecified atom stereocenters. The van der Waals surface area contributed by atoms with E-state index in [1.165, 1.54) is 6.33 Å². The number of rotatable bonds is 1. The van der Waals surface area contributed by atoms with E-state index in [2.05, 4.69) is 32.8 Å². The van der Waals surface area contributed by atoms with E-state index in [1.807, 2.05) is 30.3 Å². The molecule has 0 aliphatic carbocycles. The maximum absolute atomic E-state index is 6.29. The number of anilines is 2. The van der Waals surface area contributed by atoms with Gasteiger partial charge in [-0.1, -0.05) is 17.7 Å². The van der Waals surface area contributed by atoms with Gasteiger partial charge in [0.2, 0.25) is 0 Å². The van der Waals surface area contributed by atoms with Crippen molar-refractivity contribution in [2.45, 2.75) is 13.0 Å². The first-order valence-electron chi connectivity index (χ1n) is 9.62. The minimum atomic E-state index is 0.140. The van der Waals surface area contributed by atoms with Crippen LogP contribution in [-0.4, -0.2) is 43.3 Å². The van der Waals surface area contributed by atoms with Gasteiger partial charge >= 0.3 is 0 Å². The standard InChI is InChI=1S/C21H24ClN5O2/c1-13-15-4-3-14(22)9-18(15)27-21-16-10-20(29-8-7-23-5-6-24-13)19(28-2)11-17(16)25-12-26-21/h3-4,9-13,23-24H,5-8H2,1-2H3,(H,25,26,27). The first-order chi connectivity index (χ1) is 14.2. The van der Waals surface area contributed by atoms with Gasteiger partial charge in [-0.25, -0.2) is 9.97 Å². The molecule has 1 aliphatic heterocycles. The molecule has 0 fully saturated rings. The largest absolute Gasteiger partial charge is 0.493 e. The van der Waals surface area contributed by atoms with Crippen LogP contribution in [0.3, 0.4) is 0 Å². The lowest BCUT2D eigenvalue weighted by molar-refractivity contribution is 0.293. The second kappa shape index (κ2) is 8.82. The molecule has 2 aromatic carbocycles. The van der Waals surface area contributed by atoms with Crippen molar-refractivity contribution in [2.75, 3.05) is 38.7 Å². The quantitative estimate of drug-likeness (QED) is 0.561. The molecular weight excluding hydrogens is 390 g/mol. The molecule has 8 heteroatoms. The molecule has 1 aliphatic rings. The molecule has 0 saturated heterocycles. The van der Waals surface area contributed by atoms with Crippen molar-refractivity contribution in [2.24, 2.45) is 0 Å². The van der Waals surface area contributed by atoms with Crippen LogP contribution in [0.1, 0.15) is 18.5 Å². The van der Waals surface area contributed by atoms with Gasteiger partial charge in [0.1, 0.15) is 18.8 Å². The van der Waals surface area contributed by atoms with Gasteiger partial charge in [-0.15, -0.1) is 0 Å². The Labute approximate surface area is 174 Å². The summed E-state index contributed by atoms with van der Waals surface area (Å²) in [6.07, 6.45) is 1.54. The van der Waals surface area contributed by atoms with E-state index in [-0.39, 0.29) is 6.04 Å². The summed E-state index contributed by atoms with van der Waals surface area (Å²) in [6, 6.07) is 9.78. The van der Waals surface area contributed by atoms with E-state index in [4.69, 9.17) is 21.1 Å². The minimum Gasteiger partial charge on any atom is -0.493 e. The predicted octanol–water partition coefficient (Wildman–Crippen LogP) is 3.67. The highest BCUT2D eigenvalue weighted by atomic mass is 35.5. The molecule has 3 N–H and O–H groups in total. The maximum atomic E-state index is 6.29. The van der Waals surface area contributed by atoms with Crippen molar-refractivity contribution in [3.05, 3.63) is 47.2 Å². The second-order valence-electron chi connectivity index (χ2n) is 6.87. The van der Waals surface area contributed by atoms with Gasteiger partial charge in [-0.2, -0.15) is 0 Å². The van der Waals surface area contributed by atoms with Crippen molar-refractivity contribution < 1.29 is 9.47 Å². The van der Waals surface area contributed by atoms with E-state index in [1.54, 1.807) is 7.11 Å². The Bertz CT molecular complexity index is 1010. The number of nitrogens with zero attached hydrogens (tertiary/aromatic N) is 2. The average molecular weight is 414 g/mol. The van der Waals surface area contributed by atoms with Crippen LogP contribution in [0.4, 0.5) is 11.5 Å². The van der Waals surface area contributed by atoms with Crippen LogP contribution < -0.4 is 25.4 Å². The molecule has 1 aromatic heterocycles. The van der Waals surface area contributed by atoms with Crippen LogP contribution in [-0.2, 0) is 0 Å². The Morgan fingerprint density at radius 3 is 2.90 bits per heavy atom. The van der Waals surface area contributed by atoms with E-state index < -0.39 is 0 Å². The zero-order valence-electron chi connectivity index (χ0n) is 16.5. The summed E-state index contributed by atoms with van der Waals surface area (Å²) in [5.74, 6) is 1.99. The third kappa shape index (κ3) is 4.37. The Balaban J connectivity index is 1.83. The fraction of sp³-hybridized carbons (Fsp3) is 0.333. The van der Waals surface area contributed by atoms with Crippen LogP contribution in [0.5, 0.6) is 11.5 Å². The molecule has 152 valence electrons. The van der Waals surface area contributed by atoms with Crippen molar-refractivity contribution >= 4 is 34.0 Å². The van der Waals surface area contributed by atoms with E-state index in [0.717, 1.165) is 41.8 Å². The third-order valence-corrected chi connectivity index (χ3v) is 5.18. The SMILES string of the molecule is COc1cc2ncnc3c2cc1OCCNCCNC(C)c1ccc(Cl)cc1N3. The molecule has 0 radical (unpaired) electrons. The zero-order chi connectivity index (χ0) is 20.2. The van der Waals surface area contributed by atoms with Gasteiger partial charge in [0, 0.05) is 47.8 Å². The van der Waals surface area contributed by atoms with Crippen molar-refractivity contribution in [3.8, 4) is 11.5 Å². The Hall–Kier alpha value is -2.61. The number of hydrogen-bond acceptors (Lipinski definition) is 7. The monoisotopic (exact) mass is 413 g/mol. The fourth-order valence-corrected chi connectivity index (χ4v) is 3.60. The summed E-state index contributed by atoms with van der Waals surface area (Å²) < 4.78 is 11.5. The Morgan fingerprint density at radius 2 is 2.03 bits per heavy atom. The van der Waals surface area contributed by atoms with Crippen LogP contribution in [0.25, 0.3) is 10.9 Å². The second-order valence-corrected chi connectivity index (χ2v) is 7.31. The van der Waals surface area contributed by atoms with Crippen LogP contribution >= 0.6 is 11.6 Å². The summed E-state index contributed by atoms with van der Waals surface area (Å²) in [6.45, 7) is 5.07. The molecule has 0 spiro atoms. The molecule has 3 aromatic rings. The number of fused-ring (bicyclic) bond motifs is 2. The zero-order valence-corrected chi connectivity index (χ0v) is 17.2. The number of ether oxygens (including phenoxy) is 2. The van der Waals surface area contributed by atoms with Crippen molar-refractivity contribution in [1.82, 2.24) is 20.6 Å². The highest BCUT2D eigenvalue weighted by Gasteiger charge is 2.16. The highest BCUT2D eigenvalue weighted by molar-refractivity contribution is 6.30. The first-order valence-corrected chi connectivity index (χ1v) is 9.99. The maximum Gasteiger partial charge on any atom is 0.162 e. The van der Waals surface area contributed by atoms with E-state index in [9.17, 15) is 0 Å². The van der Waals surface area contributed by atoms with Gasteiger partial charge in [0.05, 0.1) is 12.6 Å². The van der Waals surface area contributed by atoms with E-state index >= 15 is 0 Å². The third-order valence-electron chi connectivity index (χ3n) is 4.94. The molecule has 0 amide bonds. The van der Waals surface area contributed by atoms with Crippen LogP contribution in [0.15, 0.2) is 36.7 Å². The number of nitrogens with one attached hydrogen (secondary N) is 3. The normalized spacial score (nSPS) is 17.6. The Morgan fingerprint density at radius 1 is 1.14 bits per heavy atom. The Kier molecular flexibility index (Phi) is 5.99. The fourth-order valence-electron chi connectivity index (χ4n) is 3.42. The lowest BCUT2D eigenvalue weighted by Gasteiger charge is -2.19. The van der Waals surface area contributed by atoms with Crippen molar-refractivity contribution in [1.29, 1.82) is 0 Å². The molecule has 29 heavy (non-hydrogen) atoms. The topological polar surface area (TPSA) is 80.3 Å². The molecule has 0 saturated carbocycles. The summed E-state index contributed by atoms with van der Waals surface area (Å²) in [5, 5.41) is 11.9. The average Bonchev–Trinajstić information content (AvgIpc) is 2.72.